The standard InChI is InChI=1S/C14H17NO2/c1-9(2)14-13(15-12(8-16)17-14)11-6-4-10(3)5-7-11/h4-7,9,16H,8H2,1-3H3. The third kappa shape index (κ3) is 2.39. The maximum absolute atomic E-state index is 9.09. The highest BCUT2D eigenvalue weighted by atomic mass is 16.4. The molecule has 2 aromatic rings. The third-order valence-corrected chi connectivity index (χ3v) is 2.68. The van der Waals surface area contributed by atoms with E-state index in [0.29, 0.717) is 5.89 Å². The van der Waals surface area contributed by atoms with Gasteiger partial charge in [-0.05, 0) is 6.92 Å². The van der Waals surface area contributed by atoms with E-state index in [4.69, 9.17) is 9.52 Å². The molecule has 3 heteroatoms. The second-order valence-corrected chi connectivity index (χ2v) is 4.50. The van der Waals surface area contributed by atoms with Gasteiger partial charge in [-0.3, -0.25) is 0 Å². The van der Waals surface area contributed by atoms with Gasteiger partial charge in [0.25, 0.3) is 0 Å². The van der Waals surface area contributed by atoms with Gasteiger partial charge in [0.1, 0.15) is 18.1 Å². The first kappa shape index (κ1) is 11.9. The van der Waals surface area contributed by atoms with E-state index in [2.05, 4.69) is 25.8 Å². The molecule has 0 radical (unpaired) electrons. The fraction of sp³-hybridized carbons (Fsp3) is 0.357. The average Bonchev–Trinajstić information content (AvgIpc) is 2.74. The number of benzene rings is 1. The first-order chi connectivity index (χ1) is 8.11. The smallest absolute Gasteiger partial charge is 0.220 e. The Kier molecular flexibility index (Phi) is 3.29. The molecule has 2 rings (SSSR count). The maximum Gasteiger partial charge on any atom is 0.220 e. The number of nitrogens with zero attached hydrogens (tertiary/aromatic N) is 1. The lowest BCUT2D eigenvalue weighted by Gasteiger charge is -2.04. The van der Waals surface area contributed by atoms with Gasteiger partial charge in [0.15, 0.2) is 0 Å². The monoisotopic (exact) mass is 231 g/mol. The number of aliphatic hydroxyl groups excluding tert-OH is 1. The summed E-state index contributed by atoms with van der Waals surface area (Å²) in [5.41, 5.74) is 3.08. The van der Waals surface area contributed by atoms with Crippen molar-refractivity contribution >= 4 is 0 Å². The van der Waals surface area contributed by atoms with E-state index < -0.39 is 0 Å². The van der Waals surface area contributed by atoms with Crippen LogP contribution >= 0.6 is 0 Å². The molecular weight excluding hydrogens is 214 g/mol. The quantitative estimate of drug-likeness (QED) is 0.881. The topological polar surface area (TPSA) is 46.3 Å². The van der Waals surface area contributed by atoms with Crippen LogP contribution in [0, 0.1) is 6.92 Å². The summed E-state index contributed by atoms with van der Waals surface area (Å²) in [6, 6.07) is 8.15. The second kappa shape index (κ2) is 4.72. The normalized spacial score (nSPS) is 11.1. The molecule has 1 N–H and O–H groups in total. The van der Waals surface area contributed by atoms with Crippen molar-refractivity contribution in [3.05, 3.63) is 41.5 Å². The molecule has 0 bridgehead atoms. The molecule has 0 unspecified atom stereocenters. The zero-order valence-electron chi connectivity index (χ0n) is 10.4. The lowest BCUT2D eigenvalue weighted by molar-refractivity contribution is 0.235. The van der Waals surface area contributed by atoms with Crippen LogP contribution in [-0.2, 0) is 6.61 Å². The average molecular weight is 231 g/mol. The molecule has 0 aliphatic carbocycles. The molecule has 3 nitrogen and oxygen atoms in total. The van der Waals surface area contributed by atoms with Crippen LogP contribution < -0.4 is 0 Å². The van der Waals surface area contributed by atoms with E-state index in [-0.39, 0.29) is 12.5 Å². The maximum atomic E-state index is 9.09. The molecule has 0 aliphatic heterocycles. The van der Waals surface area contributed by atoms with Crippen molar-refractivity contribution in [3.63, 3.8) is 0 Å². The molecule has 0 aliphatic rings. The largest absolute Gasteiger partial charge is 0.442 e. The lowest BCUT2D eigenvalue weighted by atomic mass is 10.0. The van der Waals surface area contributed by atoms with Crippen molar-refractivity contribution in [1.82, 2.24) is 4.98 Å². The highest BCUT2D eigenvalue weighted by Gasteiger charge is 2.17. The van der Waals surface area contributed by atoms with E-state index in [1.54, 1.807) is 0 Å². The summed E-state index contributed by atoms with van der Waals surface area (Å²) in [5, 5.41) is 9.09. The Morgan fingerprint density at radius 2 is 1.88 bits per heavy atom. The predicted octanol–water partition coefficient (Wildman–Crippen LogP) is 3.27. The summed E-state index contributed by atoms with van der Waals surface area (Å²) >= 11 is 0. The molecule has 0 spiro atoms. The van der Waals surface area contributed by atoms with Gasteiger partial charge in [-0.2, -0.15) is 0 Å². The van der Waals surface area contributed by atoms with Crippen molar-refractivity contribution in [2.45, 2.75) is 33.3 Å². The molecule has 0 fully saturated rings. The third-order valence-electron chi connectivity index (χ3n) is 2.68. The van der Waals surface area contributed by atoms with Crippen molar-refractivity contribution in [1.29, 1.82) is 0 Å². The fourth-order valence-electron chi connectivity index (χ4n) is 1.76. The minimum absolute atomic E-state index is 0.161. The van der Waals surface area contributed by atoms with Gasteiger partial charge in [-0.15, -0.1) is 0 Å². The number of aliphatic hydroxyl groups is 1. The SMILES string of the molecule is Cc1ccc(-c2nc(CO)oc2C(C)C)cc1. The molecular formula is C14H17NO2. The summed E-state index contributed by atoms with van der Waals surface area (Å²) in [5.74, 6) is 1.46. The van der Waals surface area contributed by atoms with Crippen LogP contribution in [0.2, 0.25) is 0 Å². The molecule has 0 amide bonds. The van der Waals surface area contributed by atoms with E-state index in [0.717, 1.165) is 17.0 Å². The Morgan fingerprint density at radius 3 is 2.41 bits per heavy atom. The summed E-state index contributed by atoms with van der Waals surface area (Å²) in [6.45, 7) is 6.00. The molecule has 17 heavy (non-hydrogen) atoms. The van der Waals surface area contributed by atoms with Crippen molar-refractivity contribution in [3.8, 4) is 11.3 Å². The van der Waals surface area contributed by atoms with Crippen LogP contribution in [0.5, 0.6) is 0 Å². The van der Waals surface area contributed by atoms with Crippen LogP contribution in [0.3, 0.4) is 0 Å². The van der Waals surface area contributed by atoms with Gasteiger partial charge < -0.3 is 9.52 Å². The predicted molar refractivity (Wildman–Crippen MR) is 66.7 cm³/mol. The van der Waals surface area contributed by atoms with Crippen molar-refractivity contribution in [2.75, 3.05) is 0 Å². The Hall–Kier alpha value is -1.61. The Bertz CT molecular complexity index is 497. The Labute approximate surface area is 101 Å². The molecule has 0 saturated heterocycles. The van der Waals surface area contributed by atoms with Crippen LogP contribution in [-0.4, -0.2) is 10.1 Å². The minimum Gasteiger partial charge on any atom is -0.442 e. The van der Waals surface area contributed by atoms with E-state index >= 15 is 0 Å². The van der Waals surface area contributed by atoms with Crippen molar-refractivity contribution < 1.29 is 9.52 Å². The Morgan fingerprint density at radius 1 is 1.24 bits per heavy atom. The lowest BCUT2D eigenvalue weighted by Crippen LogP contribution is -1.89. The molecule has 1 aromatic heterocycles. The summed E-state index contributed by atoms with van der Waals surface area (Å²) < 4.78 is 5.55. The van der Waals surface area contributed by atoms with Gasteiger partial charge in [0.05, 0.1) is 0 Å². The first-order valence-corrected chi connectivity index (χ1v) is 5.79. The van der Waals surface area contributed by atoms with E-state index in [1.165, 1.54) is 5.56 Å². The summed E-state index contributed by atoms with van der Waals surface area (Å²) in [4.78, 5) is 4.33. The van der Waals surface area contributed by atoms with Gasteiger partial charge in [-0.25, -0.2) is 4.98 Å². The van der Waals surface area contributed by atoms with Crippen molar-refractivity contribution in [2.24, 2.45) is 0 Å². The number of oxazole rings is 1. The first-order valence-electron chi connectivity index (χ1n) is 5.79. The highest BCUT2D eigenvalue weighted by Crippen LogP contribution is 2.29. The van der Waals surface area contributed by atoms with Gasteiger partial charge in [0.2, 0.25) is 5.89 Å². The number of rotatable bonds is 3. The molecule has 0 atom stereocenters. The zero-order chi connectivity index (χ0) is 12.4. The molecule has 0 saturated carbocycles. The molecule has 90 valence electrons. The number of hydrogen-bond acceptors (Lipinski definition) is 3. The second-order valence-electron chi connectivity index (χ2n) is 4.50. The fourth-order valence-corrected chi connectivity index (χ4v) is 1.76. The van der Waals surface area contributed by atoms with E-state index in [9.17, 15) is 0 Å². The number of aryl methyl sites for hydroxylation is 1. The number of aromatic nitrogens is 1. The molecule has 1 heterocycles. The van der Waals surface area contributed by atoms with E-state index in [1.807, 2.05) is 24.3 Å². The van der Waals surface area contributed by atoms with Gasteiger partial charge in [-0.1, -0.05) is 43.7 Å². The molecule has 1 aromatic carbocycles. The minimum atomic E-state index is -0.161. The zero-order valence-corrected chi connectivity index (χ0v) is 10.4. The summed E-state index contributed by atoms with van der Waals surface area (Å²) in [7, 11) is 0. The van der Waals surface area contributed by atoms with Crippen LogP contribution in [0.4, 0.5) is 0 Å². The highest BCUT2D eigenvalue weighted by molar-refractivity contribution is 5.62. The number of hydrogen-bond donors (Lipinski definition) is 1. The van der Waals surface area contributed by atoms with Crippen LogP contribution in [0.15, 0.2) is 28.7 Å². The Balaban J connectivity index is 2.49. The van der Waals surface area contributed by atoms with Gasteiger partial charge >= 0.3 is 0 Å². The summed E-state index contributed by atoms with van der Waals surface area (Å²) in [6.07, 6.45) is 0. The van der Waals surface area contributed by atoms with Gasteiger partial charge in [0, 0.05) is 11.5 Å². The van der Waals surface area contributed by atoms with Crippen LogP contribution in [0.25, 0.3) is 11.3 Å². The van der Waals surface area contributed by atoms with Crippen LogP contribution in [0.1, 0.15) is 37.0 Å².